The van der Waals surface area contributed by atoms with Crippen LogP contribution in [0.3, 0.4) is 0 Å². The number of aromatic nitrogens is 2. The van der Waals surface area contributed by atoms with Gasteiger partial charge in [-0.3, -0.25) is 4.79 Å². The molecule has 0 aliphatic rings. The third-order valence-electron chi connectivity index (χ3n) is 4.22. The normalized spacial score (nSPS) is 11.3. The zero-order chi connectivity index (χ0) is 20.5. The van der Waals surface area contributed by atoms with E-state index in [0.717, 1.165) is 34.0 Å². The Morgan fingerprint density at radius 2 is 1.79 bits per heavy atom. The molecule has 0 fully saturated rings. The Morgan fingerprint density at radius 1 is 1.11 bits per heavy atom. The second-order valence-electron chi connectivity index (χ2n) is 6.29. The Balaban J connectivity index is 0.000000178. The van der Waals surface area contributed by atoms with E-state index < -0.39 is 10.1 Å². The van der Waals surface area contributed by atoms with Crippen molar-refractivity contribution in [3.05, 3.63) is 65.5 Å². The van der Waals surface area contributed by atoms with Crippen LogP contribution in [0.15, 0.2) is 57.8 Å². The van der Waals surface area contributed by atoms with Crippen LogP contribution < -0.4 is 4.57 Å². The standard InChI is InChI=1S/C13H11N2O2.C7H8O3S/c1-8-14-13-11(17-8)6-9-4-3-5-10(7-16)12(9)15(13)2;1-6-2-4-7(5-3-6)11(8,9)10/h3-7H,1-2H3;2-5H,1H3,(H,8,9,10)/q+1;/p-1. The molecule has 4 aromatic rings. The summed E-state index contributed by atoms with van der Waals surface area (Å²) in [6, 6.07) is 13.3. The molecule has 0 aliphatic carbocycles. The quantitative estimate of drug-likeness (QED) is 0.292. The summed E-state index contributed by atoms with van der Waals surface area (Å²) in [4.78, 5) is 15.2. The molecule has 7 nitrogen and oxygen atoms in total. The Bertz CT molecular complexity index is 1280. The molecule has 0 unspecified atom stereocenters. The van der Waals surface area contributed by atoms with E-state index in [2.05, 4.69) is 4.98 Å². The van der Waals surface area contributed by atoms with Crippen LogP contribution in [-0.4, -0.2) is 24.2 Å². The second-order valence-corrected chi connectivity index (χ2v) is 7.67. The van der Waals surface area contributed by atoms with E-state index in [9.17, 15) is 17.8 Å². The number of aryl methyl sites for hydroxylation is 3. The Labute approximate surface area is 162 Å². The van der Waals surface area contributed by atoms with E-state index in [-0.39, 0.29) is 4.90 Å². The van der Waals surface area contributed by atoms with E-state index >= 15 is 0 Å². The first-order valence-electron chi connectivity index (χ1n) is 8.37. The van der Waals surface area contributed by atoms with Crippen LogP contribution in [0.4, 0.5) is 0 Å². The Kier molecular flexibility index (Phi) is 5.26. The zero-order valence-electron chi connectivity index (χ0n) is 15.5. The number of aldehydes is 1. The number of hydrogen-bond donors (Lipinski definition) is 0. The van der Waals surface area contributed by atoms with Crippen molar-refractivity contribution in [1.29, 1.82) is 0 Å². The van der Waals surface area contributed by atoms with Crippen molar-refractivity contribution in [2.45, 2.75) is 18.7 Å². The lowest BCUT2D eigenvalue weighted by Crippen LogP contribution is -2.31. The van der Waals surface area contributed by atoms with Crippen molar-refractivity contribution in [3.8, 4) is 0 Å². The summed E-state index contributed by atoms with van der Waals surface area (Å²) in [5.41, 5.74) is 3.96. The van der Waals surface area contributed by atoms with Gasteiger partial charge in [0.1, 0.15) is 15.6 Å². The van der Waals surface area contributed by atoms with Gasteiger partial charge in [-0.05, 0) is 30.1 Å². The number of rotatable bonds is 2. The lowest BCUT2D eigenvalue weighted by Gasteiger charge is -2.05. The number of benzene rings is 2. The maximum Gasteiger partial charge on any atom is 0.370 e. The molecule has 0 aliphatic heterocycles. The minimum Gasteiger partial charge on any atom is -0.744 e. The van der Waals surface area contributed by atoms with Crippen molar-refractivity contribution in [1.82, 2.24) is 4.98 Å². The van der Waals surface area contributed by atoms with Gasteiger partial charge in [0.15, 0.2) is 6.29 Å². The summed E-state index contributed by atoms with van der Waals surface area (Å²) in [6.45, 7) is 3.63. The SMILES string of the molecule is Cc1ccc(S(=O)(=O)[O-])cc1.Cc1nc2c(cc3cccc(C=O)c3[n+]2C)o1. The zero-order valence-corrected chi connectivity index (χ0v) is 16.4. The monoisotopic (exact) mass is 398 g/mol. The topological polar surface area (TPSA) is 104 Å². The Morgan fingerprint density at radius 3 is 2.39 bits per heavy atom. The highest BCUT2D eigenvalue weighted by Crippen LogP contribution is 2.20. The molecule has 4 rings (SSSR count). The number of pyridine rings is 1. The minimum absolute atomic E-state index is 0.178. The second kappa shape index (κ2) is 7.49. The van der Waals surface area contributed by atoms with Crippen LogP contribution >= 0.6 is 0 Å². The fourth-order valence-corrected chi connectivity index (χ4v) is 3.37. The number of carbonyl (C=O) groups is 1. The summed E-state index contributed by atoms with van der Waals surface area (Å²) in [5.74, 6) is 0.624. The first-order valence-corrected chi connectivity index (χ1v) is 9.78. The van der Waals surface area contributed by atoms with Crippen LogP contribution in [0.5, 0.6) is 0 Å². The molecule has 0 amide bonds. The highest BCUT2D eigenvalue weighted by molar-refractivity contribution is 7.85. The molecule has 144 valence electrons. The summed E-state index contributed by atoms with van der Waals surface area (Å²) in [7, 11) is -2.38. The van der Waals surface area contributed by atoms with Gasteiger partial charge in [-0.2, -0.15) is 0 Å². The highest BCUT2D eigenvalue weighted by Gasteiger charge is 2.19. The molecule has 28 heavy (non-hydrogen) atoms. The highest BCUT2D eigenvalue weighted by atomic mass is 32.2. The number of nitrogens with zero attached hydrogens (tertiary/aromatic N) is 2. The third-order valence-corrected chi connectivity index (χ3v) is 5.07. The summed E-state index contributed by atoms with van der Waals surface area (Å²) in [5, 5.41) is 0.973. The molecule has 8 heteroatoms. The molecule has 0 atom stereocenters. The average molecular weight is 398 g/mol. The molecule has 0 bridgehead atoms. The van der Waals surface area contributed by atoms with Gasteiger partial charge in [0, 0.05) is 18.4 Å². The third kappa shape index (κ3) is 3.92. The first kappa shape index (κ1) is 19.7. The van der Waals surface area contributed by atoms with Gasteiger partial charge in [-0.25, -0.2) is 13.0 Å². The maximum absolute atomic E-state index is 11.1. The minimum atomic E-state index is -4.27. The molecule has 2 heterocycles. The van der Waals surface area contributed by atoms with E-state index in [4.69, 9.17) is 4.42 Å². The first-order chi connectivity index (χ1) is 13.2. The molecule has 0 radical (unpaired) electrons. The van der Waals surface area contributed by atoms with Crippen LogP contribution in [0, 0.1) is 13.8 Å². The predicted octanol–water partition coefficient (Wildman–Crippen LogP) is 2.83. The van der Waals surface area contributed by atoms with E-state index in [1.165, 1.54) is 12.1 Å². The fourth-order valence-electron chi connectivity index (χ4n) is 2.90. The van der Waals surface area contributed by atoms with Gasteiger partial charge in [0.2, 0.25) is 5.58 Å². The van der Waals surface area contributed by atoms with E-state index in [1.54, 1.807) is 18.2 Å². The number of fused-ring (bicyclic) bond motifs is 2. The molecule has 0 spiro atoms. The van der Waals surface area contributed by atoms with E-state index in [1.807, 2.05) is 43.7 Å². The van der Waals surface area contributed by atoms with Crippen LogP contribution in [0.25, 0.3) is 22.1 Å². The molecular weight excluding hydrogens is 380 g/mol. The number of carbonyl (C=O) groups excluding carboxylic acids is 1. The van der Waals surface area contributed by atoms with Crippen LogP contribution in [0.2, 0.25) is 0 Å². The summed E-state index contributed by atoms with van der Waals surface area (Å²) in [6.07, 6.45) is 0.862. The van der Waals surface area contributed by atoms with Crippen LogP contribution in [0.1, 0.15) is 21.8 Å². The number of oxazole rings is 1. The van der Waals surface area contributed by atoms with Crippen molar-refractivity contribution >= 4 is 38.5 Å². The van der Waals surface area contributed by atoms with Gasteiger partial charge < -0.3 is 8.97 Å². The van der Waals surface area contributed by atoms with Gasteiger partial charge in [0.25, 0.3) is 0 Å². The lowest BCUT2D eigenvalue weighted by molar-refractivity contribution is -0.619. The van der Waals surface area contributed by atoms with E-state index in [0.29, 0.717) is 11.5 Å². The number of para-hydroxylation sites is 1. The maximum atomic E-state index is 11.1. The van der Waals surface area contributed by atoms with Crippen molar-refractivity contribution in [2.75, 3.05) is 0 Å². The van der Waals surface area contributed by atoms with Crippen LogP contribution in [-0.2, 0) is 17.2 Å². The molecule has 0 N–H and O–H groups in total. The summed E-state index contributed by atoms with van der Waals surface area (Å²) < 4.78 is 38.6. The van der Waals surface area contributed by atoms with Gasteiger partial charge >= 0.3 is 11.5 Å². The van der Waals surface area contributed by atoms with Crippen molar-refractivity contribution in [3.63, 3.8) is 0 Å². The smallest absolute Gasteiger partial charge is 0.370 e. The van der Waals surface area contributed by atoms with Gasteiger partial charge in [-0.1, -0.05) is 29.8 Å². The molecule has 0 saturated carbocycles. The molecule has 0 saturated heterocycles. The summed E-state index contributed by atoms with van der Waals surface area (Å²) >= 11 is 0. The van der Waals surface area contributed by atoms with Gasteiger partial charge in [-0.15, -0.1) is 0 Å². The van der Waals surface area contributed by atoms with Gasteiger partial charge in [0.05, 0.1) is 17.5 Å². The Hall–Kier alpha value is -3.10. The molecule has 2 aromatic carbocycles. The number of hydrogen-bond acceptors (Lipinski definition) is 6. The molecule has 2 aromatic heterocycles. The van der Waals surface area contributed by atoms with Crippen molar-refractivity contribution < 1.29 is 26.7 Å². The largest absolute Gasteiger partial charge is 0.744 e. The van der Waals surface area contributed by atoms with Crippen molar-refractivity contribution in [2.24, 2.45) is 7.05 Å². The average Bonchev–Trinajstić information content (AvgIpc) is 3.02. The lowest BCUT2D eigenvalue weighted by atomic mass is 10.1. The molecular formula is C20H18N2O5S. The predicted molar refractivity (Wildman–Crippen MR) is 102 cm³/mol. The fraction of sp³-hybridized carbons (Fsp3) is 0.150.